The number of hydrogen-bond acceptors (Lipinski definition) is 4. The van der Waals surface area contributed by atoms with Crippen molar-refractivity contribution in [1.82, 2.24) is 15.0 Å². The highest BCUT2D eigenvalue weighted by Crippen LogP contribution is 2.41. The smallest absolute Gasteiger partial charge is 0.143 e. The number of hydrogen-bond donors (Lipinski definition) is 0. The molecule has 0 unspecified atom stereocenters. The molecule has 4 aromatic heterocycles. The minimum Gasteiger partial charge on any atom is -0.455 e. The van der Waals surface area contributed by atoms with Crippen LogP contribution in [-0.4, -0.2) is 15.0 Å². The Morgan fingerprint density at radius 2 is 0.957 bits per heavy atom. The van der Waals surface area contributed by atoms with Crippen molar-refractivity contribution in [3.05, 3.63) is 164 Å². The van der Waals surface area contributed by atoms with E-state index < -0.39 is 0 Å². The number of fused-ring (bicyclic) bond motifs is 5. The second kappa shape index (κ2) is 11.2. The van der Waals surface area contributed by atoms with Gasteiger partial charge in [0, 0.05) is 28.6 Å². The van der Waals surface area contributed by atoms with Gasteiger partial charge in [0.25, 0.3) is 0 Å². The maximum atomic E-state index is 6.50. The predicted molar refractivity (Wildman–Crippen MR) is 192 cm³/mol. The largest absolute Gasteiger partial charge is 0.455 e. The van der Waals surface area contributed by atoms with Crippen LogP contribution in [0.4, 0.5) is 0 Å². The van der Waals surface area contributed by atoms with E-state index in [0.717, 1.165) is 72.2 Å². The lowest BCUT2D eigenvalue weighted by Crippen LogP contribution is -1.94. The zero-order valence-electron chi connectivity index (χ0n) is 25.3. The van der Waals surface area contributed by atoms with Gasteiger partial charge in [-0.3, -0.25) is 9.97 Å². The van der Waals surface area contributed by atoms with Crippen LogP contribution in [0.1, 0.15) is 0 Å². The molecule has 0 N–H and O–H groups in total. The van der Waals surface area contributed by atoms with E-state index in [1.807, 2.05) is 42.5 Å². The lowest BCUT2D eigenvalue weighted by Gasteiger charge is -2.11. The molecule has 0 aliphatic heterocycles. The lowest BCUT2D eigenvalue weighted by atomic mass is 9.93. The van der Waals surface area contributed by atoms with Crippen LogP contribution in [0.3, 0.4) is 0 Å². The van der Waals surface area contributed by atoms with Crippen molar-refractivity contribution in [3.63, 3.8) is 0 Å². The summed E-state index contributed by atoms with van der Waals surface area (Å²) in [7, 11) is 0. The predicted octanol–water partition coefficient (Wildman–Crippen LogP) is 11.3. The minimum atomic E-state index is 0.811. The van der Waals surface area contributed by atoms with Crippen molar-refractivity contribution in [2.45, 2.75) is 0 Å². The SMILES string of the molecule is c1ccc(-c2ccc3oc4c5ccccc5c(-c5ccc(-c6cc(-c7ccccn7)nc(-c7ccccn7)c6)cc5)cc4c3c2)cc1. The summed E-state index contributed by atoms with van der Waals surface area (Å²) in [6, 6.07) is 52.6. The molecule has 0 atom stereocenters. The summed E-state index contributed by atoms with van der Waals surface area (Å²) in [5, 5.41) is 4.50. The average Bonchev–Trinajstić information content (AvgIpc) is 3.54. The number of nitrogens with zero attached hydrogens (tertiary/aromatic N) is 3. The van der Waals surface area contributed by atoms with E-state index in [1.54, 1.807) is 12.4 Å². The van der Waals surface area contributed by atoms with Crippen molar-refractivity contribution < 1.29 is 4.42 Å². The topological polar surface area (TPSA) is 51.8 Å². The summed E-state index contributed by atoms with van der Waals surface area (Å²) < 4.78 is 6.50. The number of pyridine rings is 3. The molecule has 0 bridgehead atoms. The van der Waals surface area contributed by atoms with Gasteiger partial charge in [0.15, 0.2) is 0 Å². The zero-order valence-corrected chi connectivity index (χ0v) is 25.3. The van der Waals surface area contributed by atoms with Crippen LogP contribution in [0, 0.1) is 0 Å². The Morgan fingerprint density at radius 1 is 0.362 bits per heavy atom. The van der Waals surface area contributed by atoms with E-state index >= 15 is 0 Å². The van der Waals surface area contributed by atoms with Gasteiger partial charge in [-0.05, 0) is 93.4 Å². The van der Waals surface area contributed by atoms with Crippen molar-refractivity contribution in [2.75, 3.05) is 0 Å². The van der Waals surface area contributed by atoms with Crippen LogP contribution in [0.25, 0.3) is 88.9 Å². The maximum absolute atomic E-state index is 6.50. The van der Waals surface area contributed by atoms with Gasteiger partial charge < -0.3 is 4.42 Å². The third-order valence-electron chi connectivity index (χ3n) is 8.79. The molecule has 5 aromatic carbocycles. The van der Waals surface area contributed by atoms with Gasteiger partial charge in [-0.25, -0.2) is 4.98 Å². The molecule has 9 aromatic rings. The molecule has 220 valence electrons. The number of benzene rings is 5. The Morgan fingerprint density at radius 3 is 1.64 bits per heavy atom. The molecule has 0 radical (unpaired) electrons. The summed E-state index contributed by atoms with van der Waals surface area (Å²) >= 11 is 0. The molecule has 0 saturated carbocycles. The van der Waals surface area contributed by atoms with Crippen LogP contribution in [0.2, 0.25) is 0 Å². The average molecular weight is 602 g/mol. The van der Waals surface area contributed by atoms with Crippen LogP contribution < -0.4 is 0 Å². The number of rotatable bonds is 5. The standard InChI is InChI=1S/C43H27N3O/c1-2-10-28(11-3-1)31-20-21-42-36(24-31)37-27-35(33-12-4-5-13-34(33)43(37)47-42)30-18-16-29(17-19-30)32-25-40(38-14-6-8-22-44-38)46-41(26-32)39-15-7-9-23-45-39/h1-27H. The van der Waals surface area contributed by atoms with E-state index in [-0.39, 0.29) is 0 Å². The molecule has 0 aliphatic carbocycles. The van der Waals surface area contributed by atoms with Gasteiger partial charge in [-0.1, -0.05) is 97.1 Å². The fourth-order valence-corrected chi connectivity index (χ4v) is 6.48. The molecule has 9 rings (SSSR count). The normalized spacial score (nSPS) is 11.4. The second-order valence-electron chi connectivity index (χ2n) is 11.7. The molecular weight excluding hydrogens is 574 g/mol. The summed E-state index contributed by atoms with van der Waals surface area (Å²) in [6.45, 7) is 0. The van der Waals surface area contributed by atoms with Crippen molar-refractivity contribution >= 4 is 32.7 Å². The van der Waals surface area contributed by atoms with Crippen LogP contribution in [0.5, 0.6) is 0 Å². The minimum absolute atomic E-state index is 0.811. The first-order valence-corrected chi connectivity index (χ1v) is 15.7. The zero-order chi connectivity index (χ0) is 31.2. The Balaban J connectivity index is 1.18. The third kappa shape index (κ3) is 4.84. The van der Waals surface area contributed by atoms with Gasteiger partial charge in [-0.15, -0.1) is 0 Å². The van der Waals surface area contributed by atoms with E-state index in [0.29, 0.717) is 0 Å². The molecule has 4 heteroatoms. The Kier molecular flexibility index (Phi) is 6.43. The van der Waals surface area contributed by atoms with Gasteiger partial charge >= 0.3 is 0 Å². The van der Waals surface area contributed by atoms with Gasteiger partial charge in [0.1, 0.15) is 11.2 Å². The summed E-state index contributed by atoms with van der Waals surface area (Å²) in [5.74, 6) is 0. The molecule has 4 heterocycles. The maximum Gasteiger partial charge on any atom is 0.143 e. The van der Waals surface area contributed by atoms with Crippen LogP contribution in [0.15, 0.2) is 168 Å². The first-order chi connectivity index (χ1) is 23.3. The van der Waals surface area contributed by atoms with Gasteiger partial charge in [0.05, 0.1) is 22.8 Å². The third-order valence-corrected chi connectivity index (χ3v) is 8.79. The quantitative estimate of drug-likeness (QED) is 0.197. The molecule has 0 amide bonds. The van der Waals surface area contributed by atoms with Gasteiger partial charge in [0.2, 0.25) is 0 Å². The number of furan rings is 1. The fraction of sp³-hybridized carbons (Fsp3) is 0. The molecule has 0 saturated heterocycles. The molecule has 0 fully saturated rings. The van der Waals surface area contributed by atoms with E-state index in [4.69, 9.17) is 9.40 Å². The van der Waals surface area contributed by atoms with Crippen molar-refractivity contribution in [1.29, 1.82) is 0 Å². The highest BCUT2D eigenvalue weighted by Gasteiger charge is 2.16. The Labute approximate surface area is 271 Å². The van der Waals surface area contributed by atoms with E-state index in [1.165, 1.54) is 16.7 Å². The summed E-state index contributed by atoms with van der Waals surface area (Å²) in [6.07, 6.45) is 3.59. The fourth-order valence-electron chi connectivity index (χ4n) is 6.48. The number of aromatic nitrogens is 3. The van der Waals surface area contributed by atoms with Gasteiger partial charge in [-0.2, -0.15) is 0 Å². The molecular formula is C43H27N3O. The Bertz CT molecular complexity index is 2480. The first-order valence-electron chi connectivity index (χ1n) is 15.7. The lowest BCUT2D eigenvalue weighted by molar-refractivity contribution is 0.673. The van der Waals surface area contributed by atoms with Crippen molar-refractivity contribution in [2.24, 2.45) is 0 Å². The Hall–Kier alpha value is -6.39. The monoisotopic (exact) mass is 601 g/mol. The summed E-state index contributed by atoms with van der Waals surface area (Å²) in [4.78, 5) is 14.1. The van der Waals surface area contributed by atoms with Crippen LogP contribution in [-0.2, 0) is 0 Å². The molecule has 47 heavy (non-hydrogen) atoms. The highest BCUT2D eigenvalue weighted by atomic mass is 16.3. The van der Waals surface area contributed by atoms with E-state index in [9.17, 15) is 0 Å². The first kappa shape index (κ1) is 27.0. The van der Waals surface area contributed by atoms with E-state index in [2.05, 4.69) is 119 Å². The molecule has 0 spiro atoms. The van der Waals surface area contributed by atoms with Crippen molar-refractivity contribution in [3.8, 4) is 56.2 Å². The molecule has 0 aliphatic rings. The molecule has 4 nitrogen and oxygen atoms in total. The highest BCUT2D eigenvalue weighted by molar-refractivity contribution is 6.19. The second-order valence-corrected chi connectivity index (χ2v) is 11.7. The summed E-state index contributed by atoms with van der Waals surface area (Å²) in [5.41, 5.74) is 11.9. The van der Waals surface area contributed by atoms with Crippen LogP contribution >= 0.6 is 0 Å².